The van der Waals surface area contributed by atoms with E-state index >= 15 is 0 Å². The van der Waals surface area contributed by atoms with Crippen molar-refractivity contribution >= 4 is 17.9 Å². The van der Waals surface area contributed by atoms with E-state index in [9.17, 15) is 9.59 Å². The number of aldehydes is 1. The van der Waals surface area contributed by atoms with Gasteiger partial charge in [0, 0.05) is 5.56 Å². The molecule has 0 fully saturated rings. The molecule has 0 aromatic heterocycles. The van der Waals surface area contributed by atoms with E-state index in [-0.39, 0.29) is 12.5 Å². The van der Waals surface area contributed by atoms with Gasteiger partial charge >= 0.3 is 0 Å². The highest BCUT2D eigenvalue weighted by Crippen LogP contribution is 2.27. The Hall–Kier alpha value is -3.02. The molecule has 2 aromatic carbocycles. The standard InChI is InChI=1S/C17H17NO5/c1-21-14-8-7-12(10-19)9-13(14)18-17(20)11-23-16-6-4-3-5-15(16)22-2/h3-10H,11H2,1-2H3,(H,18,20). The number of amides is 1. The summed E-state index contributed by atoms with van der Waals surface area (Å²) in [6.45, 7) is -0.200. The third-order valence-electron chi connectivity index (χ3n) is 3.06. The summed E-state index contributed by atoms with van der Waals surface area (Å²) in [6, 6.07) is 11.8. The Morgan fingerprint density at radius 3 is 2.39 bits per heavy atom. The molecule has 0 aliphatic heterocycles. The van der Waals surface area contributed by atoms with Crippen LogP contribution in [0, 0.1) is 0 Å². The SMILES string of the molecule is COc1ccc(C=O)cc1NC(=O)COc1ccccc1OC. The summed E-state index contributed by atoms with van der Waals surface area (Å²) in [5.41, 5.74) is 0.845. The van der Waals surface area contributed by atoms with Gasteiger partial charge in [0.25, 0.3) is 5.91 Å². The fourth-order valence-electron chi connectivity index (χ4n) is 1.96. The van der Waals surface area contributed by atoms with Crippen LogP contribution in [0.15, 0.2) is 42.5 Å². The van der Waals surface area contributed by atoms with Crippen molar-refractivity contribution in [1.82, 2.24) is 0 Å². The molecule has 6 nitrogen and oxygen atoms in total. The second-order valence-corrected chi connectivity index (χ2v) is 4.57. The minimum Gasteiger partial charge on any atom is -0.495 e. The van der Waals surface area contributed by atoms with Gasteiger partial charge in [-0.2, -0.15) is 0 Å². The average Bonchev–Trinajstić information content (AvgIpc) is 2.60. The Balaban J connectivity index is 2.03. The number of carbonyl (C=O) groups is 2. The van der Waals surface area contributed by atoms with E-state index in [0.717, 1.165) is 0 Å². The van der Waals surface area contributed by atoms with E-state index in [0.29, 0.717) is 34.8 Å². The molecule has 0 aliphatic rings. The zero-order valence-corrected chi connectivity index (χ0v) is 12.9. The highest BCUT2D eigenvalue weighted by atomic mass is 16.5. The van der Waals surface area contributed by atoms with Crippen LogP contribution in [0.2, 0.25) is 0 Å². The predicted octanol–water partition coefficient (Wildman–Crippen LogP) is 2.53. The first-order valence-corrected chi connectivity index (χ1v) is 6.86. The molecule has 120 valence electrons. The topological polar surface area (TPSA) is 73.9 Å². The fourth-order valence-corrected chi connectivity index (χ4v) is 1.96. The first-order valence-electron chi connectivity index (χ1n) is 6.86. The van der Waals surface area contributed by atoms with Crippen molar-refractivity contribution in [1.29, 1.82) is 0 Å². The maximum absolute atomic E-state index is 12.0. The van der Waals surface area contributed by atoms with Gasteiger partial charge in [0.2, 0.25) is 0 Å². The van der Waals surface area contributed by atoms with E-state index < -0.39 is 0 Å². The molecule has 1 N–H and O–H groups in total. The van der Waals surface area contributed by atoms with Crippen molar-refractivity contribution < 1.29 is 23.8 Å². The maximum atomic E-state index is 12.0. The lowest BCUT2D eigenvalue weighted by atomic mass is 10.2. The minimum atomic E-state index is -0.378. The van der Waals surface area contributed by atoms with Crippen molar-refractivity contribution in [3.05, 3.63) is 48.0 Å². The third kappa shape index (κ3) is 4.23. The van der Waals surface area contributed by atoms with Crippen molar-refractivity contribution in [2.24, 2.45) is 0 Å². The number of hydrogen-bond donors (Lipinski definition) is 1. The fraction of sp³-hybridized carbons (Fsp3) is 0.176. The molecule has 0 bridgehead atoms. The highest BCUT2D eigenvalue weighted by Gasteiger charge is 2.10. The number of methoxy groups -OCH3 is 2. The summed E-state index contributed by atoms with van der Waals surface area (Å²) in [5.74, 6) is 1.10. The smallest absolute Gasteiger partial charge is 0.262 e. The van der Waals surface area contributed by atoms with Crippen LogP contribution >= 0.6 is 0 Å². The van der Waals surface area contributed by atoms with Gasteiger partial charge in [-0.1, -0.05) is 12.1 Å². The Labute approximate surface area is 134 Å². The van der Waals surface area contributed by atoms with Crippen LogP contribution in [-0.4, -0.2) is 33.0 Å². The van der Waals surface area contributed by atoms with Crippen molar-refractivity contribution in [2.75, 3.05) is 26.1 Å². The minimum absolute atomic E-state index is 0.200. The van der Waals surface area contributed by atoms with E-state index in [1.165, 1.54) is 20.3 Å². The van der Waals surface area contributed by atoms with Crippen LogP contribution in [0.4, 0.5) is 5.69 Å². The normalized spacial score (nSPS) is 9.83. The summed E-state index contributed by atoms with van der Waals surface area (Å²) in [4.78, 5) is 22.9. The number of benzene rings is 2. The number of anilines is 1. The molecule has 0 unspecified atom stereocenters. The van der Waals surface area contributed by atoms with Gasteiger partial charge in [-0.05, 0) is 30.3 Å². The Morgan fingerprint density at radius 2 is 1.74 bits per heavy atom. The first kappa shape index (κ1) is 16.4. The average molecular weight is 315 g/mol. The van der Waals surface area contributed by atoms with Crippen molar-refractivity contribution in [3.8, 4) is 17.2 Å². The molecule has 23 heavy (non-hydrogen) atoms. The lowest BCUT2D eigenvalue weighted by Crippen LogP contribution is -2.20. The molecule has 2 rings (SSSR count). The van der Waals surface area contributed by atoms with Gasteiger partial charge in [0.05, 0.1) is 19.9 Å². The molecular formula is C17H17NO5. The predicted molar refractivity (Wildman–Crippen MR) is 85.5 cm³/mol. The molecule has 6 heteroatoms. The molecule has 0 atom stereocenters. The summed E-state index contributed by atoms with van der Waals surface area (Å²) >= 11 is 0. The van der Waals surface area contributed by atoms with Gasteiger partial charge in [-0.15, -0.1) is 0 Å². The Bertz CT molecular complexity index is 699. The van der Waals surface area contributed by atoms with Gasteiger partial charge in [0.15, 0.2) is 18.1 Å². The van der Waals surface area contributed by atoms with E-state index in [1.807, 2.05) is 6.07 Å². The second-order valence-electron chi connectivity index (χ2n) is 4.57. The number of para-hydroxylation sites is 2. The maximum Gasteiger partial charge on any atom is 0.262 e. The summed E-state index contributed by atoms with van der Waals surface area (Å²) < 4.78 is 15.7. The van der Waals surface area contributed by atoms with Crippen LogP contribution in [0.25, 0.3) is 0 Å². The number of carbonyl (C=O) groups excluding carboxylic acids is 2. The van der Waals surface area contributed by atoms with Gasteiger partial charge in [-0.25, -0.2) is 0 Å². The highest BCUT2D eigenvalue weighted by molar-refractivity contribution is 5.94. The number of nitrogens with one attached hydrogen (secondary N) is 1. The van der Waals surface area contributed by atoms with Gasteiger partial charge < -0.3 is 19.5 Å². The Kier molecular flexibility index (Phi) is 5.57. The molecule has 0 aliphatic carbocycles. The molecule has 0 spiro atoms. The van der Waals surface area contributed by atoms with Crippen LogP contribution in [-0.2, 0) is 4.79 Å². The zero-order valence-electron chi connectivity index (χ0n) is 12.9. The molecule has 0 heterocycles. The van der Waals surface area contributed by atoms with Crippen molar-refractivity contribution in [2.45, 2.75) is 0 Å². The van der Waals surface area contributed by atoms with Crippen LogP contribution < -0.4 is 19.5 Å². The molecule has 0 radical (unpaired) electrons. The summed E-state index contributed by atoms with van der Waals surface area (Å²) in [7, 11) is 3.01. The van der Waals surface area contributed by atoms with Gasteiger partial charge in [-0.3, -0.25) is 9.59 Å². The van der Waals surface area contributed by atoms with E-state index in [2.05, 4.69) is 5.32 Å². The number of hydrogen-bond acceptors (Lipinski definition) is 5. The number of rotatable bonds is 7. The number of ether oxygens (including phenoxy) is 3. The third-order valence-corrected chi connectivity index (χ3v) is 3.06. The monoisotopic (exact) mass is 315 g/mol. The van der Waals surface area contributed by atoms with Crippen LogP contribution in [0.3, 0.4) is 0 Å². The lowest BCUT2D eigenvalue weighted by molar-refractivity contribution is -0.118. The molecular weight excluding hydrogens is 298 g/mol. The second kappa shape index (κ2) is 7.84. The zero-order chi connectivity index (χ0) is 16.7. The quantitative estimate of drug-likeness (QED) is 0.795. The molecule has 1 amide bonds. The molecule has 0 saturated heterocycles. The molecule has 2 aromatic rings. The summed E-state index contributed by atoms with van der Waals surface area (Å²) in [6.07, 6.45) is 0.695. The van der Waals surface area contributed by atoms with E-state index in [1.54, 1.807) is 30.3 Å². The Morgan fingerprint density at radius 1 is 1.04 bits per heavy atom. The van der Waals surface area contributed by atoms with E-state index in [4.69, 9.17) is 14.2 Å². The first-order chi connectivity index (χ1) is 11.2. The molecule has 0 saturated carbocycles. The van der Waals surface area contributed by atoms with Crippen molar-refractivity contribution in [3.63, 3.8) is 0 Å². The van der Waals surface area contributed by atoms with Crippen LogP contribution in [0.5, 0.6) is 17.2 Å². The lowest BCUT2D eigenvalue weighted by Gasteiger charge is -2.12. The van der Waals surface area contributed by atoms with Crippen LogP contribution in [0.1, 0.15) is 10.4 Å². The summed E-state index contributed by atoms with van der Waals surface area (Å²) in [5, 5.41) is 2.66. The van der Waals surface area contributed by atoms with Gasteiger partial charge in [0.1, 0.15) is 12.0 Å². The largest absolute Gasteiger partial charge is 0.495 e.